The predicted molar refractivity (Wildman–Crippen MR) is 75.3 cm³/mol. The molecule has 0 radical (unpaired) electrons. The number of aryl methyl sites for hydroxylation is 1. The number of carbonyl (C=O) groups is 1. The molecule has 0 aliphatic carbocycles. The first-order chi connectivity index (χ1) is 9.52. The van der Waals surface area contributed by atoms with Gasteiger partial charge in [0.25, 0.3) is 5.91 Å². The summed E-state index contributed by atoms with van der Waals surface area (Å²) in [5.41, 5.74) is 1.23. The predicted octanol–water partition coefficient (Wildman–Crippen LogP) is 3.91. The number of nitriles is 1. The van der Waals surface area contributed by atoms with Gasteiger partial charge < -0.3 is 5.32 Å². The van der Waals surface area contributed by atoms with Gasteiger partial charge in [0.15, 0.2) is 0 Å². The van der Waals surface area contributed by atoms with Gasteiger partial charge in [-0.15, -0.1) is 0 Å². The van der Waals surface area contributed by atoms with Crippen LogP contribution in [0.5, 0.6) is 0 Å². The highest BCUT2D eigenvalue weighted by Crippen LogP contribution is 2.22. The van der Waals surface area contributed by atoms with Crippen LogP contribution in [0.25, 0.3) is 0 Å². The third kappa shape index (κ3) is 2.79. The summed E-state index contributed by atoms with van der Waals surface area (Å²) in [6, 6.07) is 10.7. The molecule has 0 saturated carbocycles. The van der Waals surface area contributed by atoms with Gasteiger partial charge in [0.2, 0.25) is 0 Å². The summed E-state index contributed by atoms with van der Waals surface area (Å²) < 4.78 is 13.7. The van der Waals surface area contributed by atoms with E-state index in [1.165, 1.54) is 12.1 Å². The highest BCUT2D eigenvalue weighted by Gasteiger charge is 2.13. The Hall–Kier alpha value is -2.38. The van der Waals surface area contributed by atoms with E-state index < -0.39 is 11.7 Å². The zero-order chi connectivity index (χ0) is 14.7. The second-order valence-corrected chi connectivity index (χ2v) is 4.57. The van der Waals surface area contributed by atoms with Crippen molar-refractivity contribution >= 4 is 23.2 Å². The second kappa shape index (κ2) is 5.72. The lowest BCUT2D eigenvalue weighted by atomic mass is 10.1. The van der Waals surface area contributed by atoms with E-state index in [9.17, 15) is 9.18 Å². The largest absolute Gasteiger partial charge is 0.319 e. The zero-order valence-electron chi connectivity index (χ0n) is 10.6. The Labute approximate surface area is 120 Å². The van der Waals surface area contributed by atoms with Crippen molar-refractivity contribution in [1.29, 1.82) is 5.26 Å². The molecule has 0 unspecified atom stereocenters. The molecule has 5 heteroatoms. The third-order valence-corrected chi connectivity index (χ3v) is 3.28. The summed E-state index contributed by atoms with van der Waals surface area (Å²) >= 11 is 6.04. The molecule has 2 aromatic carbocycles. The van der Waals surface area contributed by atoms with Crippen molar-refractivity contribution in [3.8, 4) is 6.07 Å². The van der Waals surface area contributed by atoms with Crippen LogP contribution >= 0.6 is 11.6 Å². The smallest absolute Gasteiger partial charge is 0.257 e. The summed E-state index contributed by atoms with van der Waals surface area (Å²) in [6.45, 7) is 1.78. The van der Waals surface area contributed by atoms with E-state index in [1.807, 2.05) is 6.07 Å². The molecule has 2 aromatic rings. The minimum Gasteiger partial charge on any atom is -0.319 e. The number of hydrogen-bond donors (Lipinski definition) is 1. The number of hydrogen-bond acceptors (Lipinski definition) is 2. The van der Waals surface area contributed by atoms with Crippen molar-refractivity contribution in [3.05, 3.63) is 63.9 Å². The molecule has 1 amide bonds. The Morgan fingerprint density at radius 2 is 2.10 bits per heavy atom. The molecular weight excluding hydrogens is 279 g/mol. The fourth-order valence-corrected chi connectivity index (χ4v) is 1.91. The molecule has 0 aromatic heterocycles. The van der Waals surface area contributed by atoms with Crippen LogP contribution in [0.3, 0.4) is 0 Å². The number of carbonyl (C=O) groups excluding carboxylic acids is 1. The second-order valence-electron chi connectivity index (χ2n) is 4.20. The lowest BCUT2D eigenvalue weighted by Crippen LogP contribution is -2.14. The van der Waals surface area contributed by atoms with Crippen LogP contribution < -0.4 is 5.32 Å². The molecular formula is C15H10ClFN2O. The van der Waals surface area contributed by atoms with Gasteiger partial charge in [-0.3, -0.25) is 4.79 Å². The maximum absolute atomic E-state index is 13.7. The van der Waals surface area contributed by atoms with Crippen molar-refractivity contribution in [2.75, 3.05) is 5.32 Å². The van der Waals surface area contributed by atoms with E-state index in [4.69, 9.17) is 16.9 Å². The first kappa shape index (κ1) is 14.0. The van der Waals surface area contributed by atoms with Crippen molar-refractivity contribution in [1.82, 2.24) is 0 Å². The van der Waals surface area contributed by atoms with Crippen LogP contribution in [0.2, 0.25) is 5.02 Å². The van der Waals surface area contributed by atoms with Gasteiger partial charge in [-0.2, -0.15) is 5.26 Å². The van der Waals surface area contributed by atoms with Gasteiger partial charge in [-0.1, -0.05) is 23.7 Å². The number of rotatable bonds is 2. The van der Waals surface area contributed by atoms with Crippen LogP contribution in [0.4, 0.5) is 10.1 Å². The van der Waals surface area contributed by atoms with Crippen molar-refractivity contribution in [2.24, 2.45) is 0 Å². The highest BCUT2D eigenvalue weighted by molar-refractivity contribution is 6.35. The summed E-state index contributed by atoms with van der Waals surface area (Å²) in [6.07, 6.45) is 0. The third-order valence-electron chi connectivity index (χ3n) is 2.78. The number of amides is 1. The SMILES string of the molecule is Cc1cccc(C(=O)Nc2ccc(C#N)cc2F)c1Cl. The topological polar surface area (TPSA) is 52.9 Å². The monoisotopic (exact) mass is 288 g/mol. The summed E-state index contributed by atoms with van der Waals surface area (Å²) in [5, 5.41) is 11.4. The Morgan fingerprint density at radius 3 is 2.75 bits per heavy atom. The van der Waals surface area contributed by atoms with Gasteiger partial charge in [0.1, 0.15) is 5.82 Å². The lowest BCUT2D eigenvalue weighted by molar-refractivity contribution is 0.102. The van der Waals surface area contributed by atoms with E-state index in [1.54, 1.807) is 25.1 Å². The Bertz CT molecular complexity index is 722. The first-order valence-electron chi connectivity index (χ1n) is 5.79. The van der Waals surface area contributed by atoms with Gasteiger partial charge in [0, 0.05) is 0 Å². The summed E-state index contributed by atoms with van der Waals surface area (Å²) in [7, 11) is 0. The number of halogens is 2. The highest BCUT2D eigenvalue weighted by atomic mass is 35.5. The average Bonchev–Trinajstić information content (AvgIpc) is 2.44. The van der Waals surface area contributed by atoms with E-state index in [-0.39, 0.29) is 16.8 Å². The van der Waals surface area contributed by atoms with Gasteiger partial charge in [0.05, 0.1) is 27.9 Å². The molecule has 0 aliphatic rings. The van der Waals surface area contributed by atoms with Crippen LogP contribution in [-0.2, 0) is 0 Å². The van der Waals surface area contributed by atoms with Crippen molar-refractivity contribution in [2.45, 2.75) is 6.92 Å². The van der Waals surface area contributed by atoms with Crippen LogP contribution in [0.15, 0.2) is 36.4 Å². The molecule has 2 rings (SSSR count). The fourth-order valence-electron chi connectivity index (χ4n) is 1.70. The van der Waals surface area contributed by atoms with E-state index in [2.05, 4.69) is 5.32 Å². The minimum atomic E-state index is -0.666. The number of nitrogens with one attached hydrogen (secondary N) is 1. The Morgan fingerprint density at radius 1 is 1.35 bits per heavy atom. The van der Waals surface area contributed by atoms with Gasteiger partial charge >= 0.3 is 0 Å². The average molecular weight is 289 g/mol. The van der Waals surface area contributed by atoms with E-state index in [0.717, 1.165) is 11.6 Å². The number of nitrogens with zero attached hydrogens (tertiary/aromatic N) is 1. The Balaban J connectivity index is 2.29. The Kier molecular flexibility index (Phi) is 4.02. The molecule has 0 aliphatic heterocycles. The standard InChI is InChI=1S/C15H10ClFN2O/c1-9-3-2-4-11(14(9)16)15(20)19-13-6-5-10(8-18)7-12(13)17/h2-7H,1H3,(H,19,20). The molecule has 0 heterocycles. The summed E-state index contributed by atoms with van der Waals surface area (Å²) in [4.78, 5) is 12.1. The fraction of sp³-hybridized carbons (Fsp3) is 0.0667. The van der Waals surface area contributed by atoms with Gasteiger partial charge in [-0.25, -0.2) is 4.39 Å². The van der Waals surface area contributed by atoms with Crippen molar-refractivity contribution in [3.63, 3.8) is 0 Å². The van der Waals surface area contributed by atoms with Crippen LogP contribution in [0, 0.1) is 24.1 Å². The normalized spacial score (nSPS) is 9.90. The lowest BCUT2D eigenvalue weighted by Gasteiger charge is -2.09. The van der Waals surface area contributed by atoms with Gasteiger partial charge in [-0.05, 0) is 36.8 Å². The minimum absolute atomic E-state index is 0.00609. The number of anilines is 1. The maximum Gasteiger partial charge on any atom is 0.257 e. The quantitative estimate of drug-likeness (QED) is 0.911. The molecule has 100 valence electrons. The molecule has 0 spiro atoms. The molecule has 0 saturated heterocycles. The number of benzene rings is 2. The summed E-state index contributed by atoms with van der Waals surface area (Å²) in [5.74, 6) is -1.16. The molecule has 0 atom stereocenters. The zero-order valence-corrected chi connectivity index (χ0v) is 11.3. The first-order valence-corrected chi connectivity index (χ1v) is 6.17. The van der Waals surface area contributed by atoms with Crippen LogP contribution in [-0.4, -0.2) is 5.91 Å². The molecule has 3 nitrogen and oxygen atoms in total. The van der Waals surface area contributed by atoms with E-state index in [0.29, 0.717) is 5.02 Å². The molecule has 0 bridgehead atoms. The molecule has 20 heavy (non-hydrogen) atoms. The molecule has 1 N–H and O–H groups in total. The maximum atomic E-state index is 13.7. The van der Waals surface area contributed by atoms with E-state index >= 15 is 0 Å². The molecule has 0 fully saturated rings. The van der Waals surface area contributed by atoms with Crippen LogP contribution in [0.1, 0.15) is 21.5 Å². The van der Waals surface area contributed by atoms with Crippen molar-refractivity contribution < 1.29 is 9.18 Å².